The standard InChI is InChI=1S/C17H11N3O3/c21-13-6-8-15-12(9-13)5-7-14(18-15)10-1-3-11(4-2-10)16-19-17(22)20-23-16/h1-9,21H,(H,20,22). The molecule has 4 rings (SSSR count). The van der Waals surface area contributed by atoms with E-state index in [1.54, 1.807) is 18.2 Å². The van der Waals surface area contributed by atoms with Gasteiger partial charge in [0.1, 0.15) is 5.75 Å². The highest BCUT2D eigenvalue weighted by molar-refractivity contribution is 5.83. The Kier molecular flexibility index (Phi) is 2.94. The van der Waals surface area contributed by atoms with Gasteiger partial charge in [-0.15, -0.1) is 0 Å². The number of nitrogens with one attached hydrogen (secondary N) is 1. The fraction of sp³-hybridized carbons (Fsp3) is 0. The Morgan fingerprint density at radius 2 is 1.70 bits per heavy atom. The van der Waals surface area contributed by atoms with Gasteiger partial charge in [-0.1, -0.05) is 18.2 Å². The third-order valence-corrected chi connectivity index (χ3v) is 3.54. The number of aromatic nitrogens is 3. The molecule has 0 fully saturated rings. The van der Waals surface area contributed by atoms with Crippen molar-refractivity contribution < 1.29 is 9.63 Å². The Bertz CT molecular complexity index is 1050. The maximum atomic E-state index is 11.0. The molecule has 112 valence electrons. The normalized spacial score (nSPS) is 11.0. The van der Waals surface area contributed by atoms with Crippen LogP contribution in [0, 0.1) is 0 Å². The molecule has 0 unspecified atom stereocenters. The van der Waals surface area contributed by atoms with Crippen LogP contribution >= 0.6 is 0 Å². The van der Waals surface area contributed by atoms with Crippen LogP contribution in [0.3, 0.4) is 0 Å². The maximum Gasteiger partial charge on any atom is 0.377 e. The topological polar surface area (TPSA) is 92.0 Å². The zero-order valence-electron chi connectivity index (χ0n) is 11.9. The van der Waals surface area contributed by atoms with Crippen molar-refractivity contribution in [1.29, 1.82) is 0 Å². The maximum absolute atomic E-state index is 11.0. The smallest absolute Gasteiger partial charge is 0.377 e. The lowest BCUT2D eigenvalue weighted by molar-refractivity contribution is 0.424. The summed E-state index contributed by atoms with van der Waals surface area (Å²) in [7, 11) is 0. The molecule has 0 atom stereocenters. The second-order valence-corrected chi connectivity index (χ2v) is 5.08. The van der Waals surface area contributed by atoms with Crippen LogP contribution in [0.25, 0.3) is 33.6 Å². The predicted octanol–water partition coefficient (Wildman–Crippen LogP) is 2.95. The molecule has 0 bridgehead atoms. The molecule has 2 heterocycles. The molecule has 0 amide bonds. The quantitative estimate of drug-likeness (QED) is 0.594. The van der Waals surface area contributed by atoms with E-state index in [-0.39, 0.29) is 11.6 Å². The van der Waals surface area contributed by atoms with Crippen LogP contribution in [0.15, 0.2) is 63.9 Å². The van der Waals surface area contributed by atoms with Crippen molar-refractivity contribution in [3.63, 3.8) is 0 Å². The van der Waals surface area contributed by atoms with E-state index in [1.165, 1.54) is 0 Å². The fourth-order valence-electron chi connectivity index (χ4n) is 2.41. The second kappa shape index (κ2) is 5.10. The minimum atomic E-state index is -0.511. The molecule has 23 heavy (non-hydrogen) atoms. The Morgan fingerprint density at radius 3 is 2.43 bits per heavy atom. The Morgan fingerprint density at radius 1 is 0.913 bits per heavy atom. The van der Waals surface area contributed by atoms with Crippen molar-refractivity contribution in [2.75, 3.05) is 0 Å². The van der Waals surface area contributed by atoms with Crippen LogP contribution in [-0.4, -0.2) is 20.2 Å². The monoisotopic (exact) mass is 305 g/mol. The van der Waals surface area contributed by atoms with Gasteiger partial charge in [0.25, 0.3) is 5.89 Å². The number of hydrogen-bond donors (Lipinski definition) is 2. The van der Waals surface area contributed by atoms with E-state index >= 15 is 0 Å². The third kappa shape index (κ3) is 2.46. The first-order valence-electron chi connectivity index (χ1n) is 6.95. The highest BCUT2D eigenvalue weighted by atomic mass is 16.5. The van der Waals surface area contributed by atoms with Crippen molar-refractivity contribution >= 4 is 10.9 Å². The zero-order chi connectivity index (χ0) is 15.8. The highest BCUT2D eigenvalue weighted by Crippen LogP contribution is 2.25. The highest BCUT2D eigenvalue weighted by Gasteiger charge is 2.07. The van der Waals surface area contributed by atoms with Gasteiger partial charge in [-0.3, -0.25) is 0 Å². The summed E-state index contributed by atoms with van der Waals surface area (Å²) >= 11 is 0. The number of phenols is 1. The van der Waals surface area contributed by atoms with Crippen molar-refractivity contribution in [1.82, 2.24) is 15.1 Å². The van der Waals surface area contributed by atoms with E-state index in [0.29, 0.717) is 5.56 Å². The molecule has 2 N–H and O–H groups in total. The van der Waals surface area contributed by atoms with Gasteiger partial charge in [0.2, 0.25) is 0 Å². The number of rotatable bonds is 2. The third-order valence-electron chi connectivity index (χ3n) is 3.54. The van der Waals surface area contributed by atoms with Crippen LogP contribution in [-0.2, 0) is 0 Å². The Labute approximate surface area is 130 Å². The Hall–Kier alpha value is -3.41. The summed E-state index contributed by atoms with van der Waals surface area (Å²) in [4.78, 5) is 19.3. The minimum Gasteiger partial charge on any atom is -0.508 e. The van der Waals surface area contributed by atoms with Gasteiger partial charge >= 0.3 is 5.69 Å². The molecule has 2 aromatic heterocycles. The first-order valence-corrected chi connectivity index (χ1v) is 6.95. The summed E-state index contributed by atoms with van der Waals surface area (Å²) in [5.41, 5.74) is 2.75. The summed E-state index contributed by atoms with van der Waals surface area (Å²) in [5, 5.41) is 12.5. The van der Waals surface area contributed by atoms with Crippen molar-refractivity contribution in [3.05, 3.63) is 65.1 Å². The molecular formula is C17H11N3O3. The zero-order valence-corrected chi connectivity index (χ0v) is 11.9. The first-order chi connectivity index (χ1) is 11.2. The summed E-state index contributed by atoms with van der Waals surface area (Å²) in [6.45, 7) is 0. The Balaban J connectivity index is 1.73. The van der Waals surface area contributed by atoms with Gasteiger partial charge in [-0.05, 0) is 36.4 Å². The summed E-state index contributed by atoms with van der Waals surface area (Å²) in [6, 6.07) is 16.3. The first kappa shape index (κ1) is 13.3. The van der Waals surface area contributed by atoms with Crippen LogP contribution in [0.4, 0.5) is 0 Å². The van der Waals surface area contributed by atoms with E-state index < -0.39 is 5.69 Å². The van der Waals surface area contributed by atoms with E-state index in [2.05, 4.69) is 15.1 Å². The van der Waals surface area contributed by atoms with E-state index in [1.807, 2.05) is 36.4 Å². The van der Waals surface area contributed by atoms with Gasteiger partial charge in [-0.2, -0.15) is 10.1 Å². The largest absolute Gasteiger partial charge is 0.508 e. The van der Waals surface area contributed by atoms with Gasteiger partial charge in [0.15, 0.2) is 0 Å². The van der Waals surface area contributed by atoms with Crippen LogP contribution in [0.5, 0.6) is 5.75 Å². The van der Waals surface area contributed by atoms with Gasteiger partial charge < -0.3 is 9.63 Å². The molecule has 0 aliphatic heterocycles. The summed E-state index contributed by atoms with van der Waals surface area (Å²) in [5.74, 6) is 0.473. The lowest BCUT2D eigenvalue weighted by Crippen LogP contribution is -1.99. The molecule has 0 aliphatic carbocycles. The molecule has 0 saturated heterocycles. The summed E-state index contributed by atoms with van der Waals surface area (Å²) in [6.07, 6.45) is 0. The minimum absolute atomic E-state index is 0.219. The van der Waals surface area contributed by atoms with Gasteiger partial charge in [0.05, 0.1) is 11.2 Å². The molecular weight excluding hydrogens is 294 g/mol. The number of benzene rings is 2. The van der Waals surface area contributed by atoms with Gasteiger partial charge in [0, 0.05) is 16.5 Å². The van der Waals surface area contributed by atoms with Gasteiger partial charge in [-0.25, -0.2) is 9.78 Å². The average molecular weight is 305 g/mol. The average Bonchev–Trinajstić information content (AvgIpc) is 3.01. The number of fused-ring (bicyclic) bond motifs is 1. The van der Waals surface area contributed by atoms with E-state index in [9.17, 15) is 9.90 Å². The second-order valence-electron chi connectivity index (χ2n) is 5.08. The van der Waals surface area contributed by atoms with E-state index in [4.69, 9.17) is 4.52 Å². The van der Waals surface area contributed by atoms with Crippen molar-refractivity contribution in [2.45, 2.75) is 0 Å². The molecule has 2 aromatic carbocycles. The van der Waals surface area contributed by atoms with Crippen LogP contribution < -0.4 is 5.69 Å². The molecule has 6 nitrogen and oxygen atoms in total. The van der Waals surface area contributed by atoms with Crippen molar-refractivity contribution in [3.8, 4) is 28.5 Å². The number of nitrogens with zero attached hydrogens (tertiary/aromatic N) is 2. The number of phenolic OH excluding ortho intramolecular Hbond substituents is 1. The molecule has 0 spiro atoms. The van der Waals surface area contributed by atoms with Crippen LogP contribution in [0.2, 0.25) is 0 Å². The SMILES string of the molecule is O=c1nc(-c2ccc(-c3ccc4cc(O)ccc4n3)cc2)o[nH]1. The molecule has 4 aromatic rings. The number of aromatic hydroxyl groups is 1. The number of H-pyrrole nitrogens is 1. The fourth-order valence-corrected chi connectivity index (χ4v) is 2.41. The molecule has 0 aliphatic rings. The molecule has 0 radical (unpaired) electrons. The molecule has 6 heteroatoms. The van der Waals surface area contributed by atoms with Crippen LogP contribution in [0.1, 0.15) is 0 Å². The van der Waals surface area contributed by atoms with E-state index in [0.717, 1.165) is 22.2 Å². The lowest BCUT2D eigenvalue weighted by atomic mass is 10.1. The number of hydrogen-bond acceptors (Lipinski definition) is 5. The summed E-state index contributed by atoms with van der Waals surface area (Å²) < 4.78 is 4.98. The van der Waals surface area contributed by atoms with Crippen molar-refractivity contribution in [2.24, 2.45) is 0 Å². The lowest BCUT2D eigenvalue weighted by Gasteiger charge is -2.04. The predicted molar refractivity (Wildman–Crippen MR) is 85.0 cm³/mol. The molecule has 0 saturated carbocycles. The number of pyridine rings is 1. The number of aromatic amines is 1.